The summed E-state index contributed by atoms with van der Waals surface area (Å²) in [5, 5.41) is 2.42. The van der Waals surface area contributed by atoms with E-state index in [1.54, 1.807) is 7.11 Å². The predicted molar refractivity (Wildman–Crippen MR) is 64.9 cm³/mol. The summed E-state index contributed by atoms with van der Waals surface area (Å²) in [6.07, 6.45) is 1.84. The van der Waals surface area contributed by atoms with Crippen LogP contribution in [0.15, 0.2) is 30.5 Å². The van der Waals surface area contributed by atoms with Crippen molar-refractivity contribution in [3.8, 4) is 5.75 Å². The number of hydrogen-bond donors (Lipinski definition) is 1. The van der Waals surface area contributed by atoms with E-state index in [2.05, 4.69) is 16.0 Å². The highest BCUT2D eigenvalue weighted by Gasteiger charge is 2.06. The van der Waals surface area contributed by atoms with Crippen LogP contribution in [-0.2, 0) is 0 Å². The number of aromatic nitrogens is 2. The Morgan fingerprint density at radius 3 is 2.88 bits per heavy atom. The van der Waals surface area contributed by atoms with E-state index in [0.717, 1.165) is 22.5 Å². The summed E-state index contributed by atoms with van der Waals surface area (Å²) in [5.74, 6) is 0.865. The number of aromatic amines is 1. The number of rotatable bonds is 1. The van der Waals surface area contributed by atoms with Crippen LogP contribution >= 0.6 is 0 Å². The van der Waals surface area contributed by atoms with Gasteiger partial charge in [0.1, 0.15) is 5.75 Å². The minimum atomic E-state index is 0.865. The van der Waals surface area contributed by atoms with Crippen molar-refractivity contribution in [1.29, 1.82) is 0 Å². The molecular formula is C13H12N2O. The van der Waals surface area contributed by atoms with Gasteiger partial charge in [0.15, 0.2) is 0 Å². The lowest BCUT2D eigenvalue weighted by Gasteiger charge is -1.98. The fourth-order valence-corrected chi connectivity index (χ4v) is 2.07. The Bertz CT molecular complexity index is 670. The highest BCUT2D eigenvalue weighted by atomic mass is 16.4. The SMILES string of the molecule is Cc1nccc2c1[nH]c1cc(O[11CH3])ccc12. The summed E-state index contributed by atoms with van der Waals surface area (Å²) in [5.41, 5.74) is 3.21. The molecule has 1 N–H and O–H groups in total. The molecule has 80 valence electrons. The predicted octanol–water partition coefficient (Wildman–Crippen LogP) is 3.03. The van der Waals surface area contributed by atoms with Crippen LogP contribution in [0.25, 0.3) is 21.8 Å². The van der Waals surface area contributed by atoms with E-state index in [1.807, 2.05) is 31.3 Å². The number of pyridine rings is 1. The number of nitrogens with one attached hydrogen (secondary N) is 1. The molecule has 3 aromatic rings. The Morgan fingerprint density at radius 2 is 2.06 bits per heavy atom. The largest absolute Gasteiger partial charge is 0.497 e. The number of nitrogens with zero attached hydrogens (tertiary/aromatic N) is 1. The van der Waals surface area contributed by atoms with E-state index in [4.69, 9.17) is 4.74 Å². The number of benzene rings is 1. The zero-order valence-corrected chi connectivity index (χ0v) is 9.24. The van der Waals surface area contributed by atoms with E-state index in [9.17, 15) is 0 Å². The average Bonchev–Trinajstić information content (AvgIpc) is 2.68. The number of hydrogen-bond acceptors (Lipinski definition) is 2. The van der Waals surface area contributed by atoms with E-state index >= 15 is 0 Å². The van der Waals surface area contributed by atoms with Gasteiger partial charge in [0.25, 0.3) is 0 Å². The summed E-state index contributed by atoms with van der Waals surface area (Å²) >= 11 is 0. The zero-order chi connectivity index (χ0) is 11.1. The minimum absolute atomic E-state index is 0.865. The Balaban J connectivity index is 2.45. The molecule has 0 spiro atoms. The van der Waals surface area contributed by atoms with Crippen LogP contribution in [0.3, 0.4) is 0 Å². The normalized spacial score (nSPS) is 11.1. The maximum absolute atomic E-state index is 5.21. The molecule has 0 saturated heterocycles. The second-order valence-corrected chi connectivity index (χ2v) is 3.86. The number of fused-ring (bicyclic) bond motifs is 3. The van der Waals surface area contributed by atoms with Crippen LogP contribution in [0.2, 0.25) is 0 Å². The Hall–Kier alpha value is -2.03. The van der Waals surface area contributed by atoms with Crippen molar-refractivity contribution >= 4 is 21.8 Å². The third-order valence-corrected chi connectivity index (χ3v) is 2.92. The monoisotopic (exact) mass is 211 g/mol. The lowest BCUT2D eigenvalue weighted by Crippen LogP contribution is -1.80. The van der Waals surface area contributed by atoms with Gasteiger partial charge < -0.3 is 9.72 Å². The molecule has 0 saturated carbocycles. The highest BCUT2D eigenvalue weighted by molar-refractivity contribution is 6.08. The maximum Gasteiger partial charge on any atom is 0.120 e. The van der Waals surface area contributed by atoms with Gasteiger partial charge in [-0.2, -0.15) is 0 Å². The maximum atomic E-state index is 5.21. The molecular weight excluding hydrogens is 199 g/mol. The van der Waals surface area contributed by atoms with Crippen LogP contribution in [0.4, 0.5) is 0 Å². The van der Waals surface area contributed by atoms with E-state index < -0.39 is 0 Å². The molecule has 0 aliphatic heterocycles. The molecule has 0 amide bonds. The summed E-state index contributed by atoms with van der Waals surface area (Å²) < 4.78 is 5.21. The van der Waals surface area contributed by atoms with Gasteiger partial charge in [-0.05, 0) is 25.1 Å². The Labute approximate surface area is 93.1 Å². The van der Waals surface area contributed by atoms with E-state index in [-0.39, 0.29) is 0 Å². The average molecular weight is 211 g/mol. The van der Waals surface area contributed by atoms with Crippen LogP contribution < -0.4 is 4.74 Å². The highest BCUT2D eigenvalue weighted by Crippen LogP contribution is 2.28. The molecule has 0 fully saturated rings. The van der Waals surface area contributed by atoms with Crippen molar-refractivity contribution in [2.45, 2.75) is 6.92 Å². The minimum Gasteiger partial charge on any atom is -0.497 e. The Kier molecular flexibility index (Phi) is 1.86. The smallest absolute Gasteiger partial charge is 0.120 e. The molecule has 0 radical (unpaired) electrons. The standard InChI is InChI=1S/C13H12N2O/c1-8-13-11(5-6-14-8)10-4-3-9(16-2)7-12(10)15-13/h3-7,15H,1-2H3/i2-1. The topological polar surface area (TPSA) is 37.9 Å². The fraction of sp³-hybridized carbons (Fsp3) is 0.154. The molecule has 16 heavy (non-hydrogen) atoms. The first-order valence-corrected chi connectivity index (χ1v) is 5.20. The first kappa shape index (κ1) is 9.21. The molecule has 2 heterocycles. The lowest BCUT2D eigenvalue weighted by atomic mass is 10.1. The van der Waals surface area contributed by atoms with Gasteiger partial charge in [0.05, 0.1) is 23.8 Å². The van der Waals surface area contributed by atoms with Crippen LogP contribution in [0, 0.1) is 6.92 Å². The molecule has 0 aliphatic carbocycles. The third kappa shape index (κ3) is 1.18. The molecule has 2 aromatic heterocycles. The first-order valence-electron chi connectivity index (χ1n) is 5.20. The van der Waals surface area contributed by atoms with Crippen molar-refractivity contribution in [3.05, 3.63) is 36.2 Å². The van der Waals surface area contributed by atoms with Gasteiger partial charge in [0.2, 0.25) is 0 Å². The van der Waals surface area contributed by atoms with Gasteiger partial charge in [-0.15, -0.1) is 0 Å². The molecule has 0 atom stereocenters. The fourth-order valence-electron chi connectivity index (χ4n) is 2.07. The quantitative estimate of drug-likeness (QED) is 0.671. The molecule has 0 unspecified atom stereocenters. The molecule has 3 heteroatoms. The van der Waals surface area contributed by atoms with Crippen LogP contribution in [-0.4, -0.2) is 17.1 Å². The summed E-state index contributed by atoms with van der Waals surface area (Å²) in [4.78, 5) is 7.66. The lowest BCUT2D eigenvalue weighted by molar-refractivity contribution is 0.415. The van der Waals surface area contributed by atoms with Crippen molar-refractivity contribution < 1.29 is 4.74 Å². The van der Waals surface area contributed by atoms with Crippen molar-refractivity contribution in [1.82, 2.24) is 9.97 Å². The summed E-state index contributed by atoms with van der Waals surface area (Å²) in [7, 11) is 1.68. The second-order valence-electron chi connectivity index (χ2n) is 3.86. The Morgan fingerprint density at radius 1 is 1.19 bits per heavy atom. The van der Waals surface area contributed by atoms with E-state index in [1.165, 1.54) is 10.8 Å². The molecule has 1 aromatic carbocycles. The van der Waals surface area contributed by atoms with Gasteiger partial charge in [-0.25, -0.2) is 0 Å². The van der Waals surface area contributed by atoms with Gasteiger partial charge >= 0.3 is 0 Å². The molecule has 0 bridgehead atoms. The molecule has 3 nitrogen and oxygen atoms in total. The van der Waals surface area contributed by atoms with Gasteiger partial charge in [0, 0.05) is 23.0 Å². The van der Waals surface area contributed by atoms with Crippen LogP contribution in [0.5, 0.6) is 5.75 Å². The molecule has 3 rings (SSSR count). The zero-order valence-electron chi connectivity index (χ0n) is 9.24. The third-order valence-electron chi connectivity index (χ3n) is 2.92. The van der Waals surface area contributed by atoms with Gasteiger partial charge in [-0.1, -0.05) is 0 Å². The second kappa shape index (κ2) is 3.23. The van der Waals surface area contributed by atoms with E-state index in [0.29, 0.717) is 0 Å². The van der Waals surface area contributed by atoms with Crippen molar-refractivity contribution in [2.75, 3.05) is 7.11 Å². The first-order chi connectivity index (χ1) is 7.79. The van der Waals surface area contributed by atoms with Gasteiger partial charge in [-0.3, -0.25) is 4.98 Å². The number of aryl methyl sites for hydroxylation is 1. The summed E-state index contributed by atoms with van der Waals surface area (Å²) in [6, 6.07) is 8.10. The van der Waals surface area contributed by atoms with Crippen molar-refractivity contribution in [3.63, 3.8) is 0 Å². The summed E-state index contributed by atoms with van der Waals surface area (Å²) in [6.45, 7) is 2.01. The van der Waals surface area contributed by atoms with Crippen molar-refractivity contribution in [2.24, 2.45) is 0 Å². The molecule has 0 aliphatic rings. The number of ether oxygens (including phenoxy) is 1. The number of H-pyrrole nitrogens is 1. The number of methoxy groups -OCH3 is 1. The van der Waals surface area contributed by atoms with Crippen LogP contribution in [0.1, 0.15) is 5.69 Å².